The summed E-state index contributed by atoms with van der Waals surface area (Å²) in [7, 11) is 1.65. The second-order valence-corrected chi connectivity index (χ2v) is 6.30. The third-order valence-corrected chi connectivity index (χ3v) is 4.62. The first-order chi connectivity index (χ1) is 13.6. The summed E-state index contributed by atoms with van der Waals surface area (Å²) >= 11 is 0. The Hall–Kier alpha value is -3.61. The Labute approximate surface area is 160 Å². The zero-order valence-electron chi connectivity index (χ0n) is 15.5. The number of carbonyl (C=O) groups is 1. The average molecular weight is 378 g/mol. The maximum absolute atomic E-state index is 13.3. The van der Waals surface area contributed by atoms with Crippen LogP contribution in [0.3, 0.4) is 0 Å². The molecule has 142 valence electrons. The second kappa shape index (κ2) is 7.19. The minimum Gasteiger partial charge on any atom is -0.496 e. The van der Waals surface area contributed by atoms with E-state index in [4.69, 9.17) is 4.74 Å². The summed E-state index contributed by atoms with van der Waals surface area (Å²) in [6.07, 6.45) is 0. The normalized spacial score (nSPS) is 11.0. The standard InChI is InChI=1S/C21H19FN4O2/c1-3-26-17-8-5-9-19(28-2)15(17)11-18(26)16-12-20(25-24-16)23-21(27)13-6-4-7-14(22)10-13/h4-12H,3H2,1-2H3,(H2,23,24,25,27). The van der Waals surface area contributed by atoms with Crippen LogP contribution in [-0.4, -0.2) is 27.8 Å². The van der Waals surface area contributed by atoms with E-state index in [1.807, 2.05) is 24.3 Å². The highest BCUT2D eigenvalue weighted by Crippen LogP contribution is 2.33. The topological polar surface area (TPSA) is 71.9 Å². The fourth-order valence-electron chi connectivity index (χ4n) is 3.33. The highest BCUT2D eigenvalue weighted by atomic mass is 19.1. The number of aromatic amines is 1. The number of hydrogen-bond donors (Lipinski definition) is 2. The Morgan fingerprint density at radius 2 is 2.04 bits per heavy atom. The Balaban J connectivity index is 1.67. The summed E-state index contributed by atoms with van der Waals surface area (Å²) in [5.41, 5.74) is 2.98. The van der Waals surface area contributed by atoms with E-state index in [1.165, 1.54) is 18.2 Å². The Morgan fingerprint density at radius 3 is 2.79 bits per heavy atom. The molecule has 0 aliphatic rings. The molecule has 4 rings (SSSR count). The first kappa shape index (κ1) is 17.8. The third-order valence-electron chi connectivity index (χ3n) is 4.62. The van der Waals surface area contributed by atoms with Gasteiger partial charge in [-0.25, -0.2) is 4.39 Å². The number of H-pyrrole nitrogens is 1. The molecule has 0 aliphatic heterocycles. The van der Waals surface area contributed by atoms with Crippen molar-refractivity contribution >= 4 is 22.6 Å². The molecule has 0 saturated heterocycles. The first-order valence-corrected chi connectivity index (χ1v) is 8.89. The van der Waals surface area contributed by atoms with Gasteiger partial charge in [-0.2, -0.15) is 5.10 Å². The molecule has 2 N–H and O–H groups in total. The van der Waals surface area contributed by atoms with Crippen LogP contribution >= 0.6 is 0 Å². The molecule has 0 atom stereocenters. The van der Waals surface area contributed by atoms with Crippen LogP contribution < -0.4 is 10.1 Å². The van der Waals surface area contributed by atoms with E-state index in [1.54, 1.807) is 19.2 Å². The summed E-state index contributed by atoms with van der Waals surface area (Å²) in [5, 5.41) is 10.8. The summed E-state index contributed by atoms with van der Waals surface area (Å²) < 4.78 is 20.9. The zero-order chi connectivity index (χ0) is 19.7. The van der Waals surface area contributed by atoms with E-state index in [0.717, 1.165) is 34.6 Å². The van der Waals surface area contributed by atoms with Gasteiger partial charge in [0, 0.05) is 23.6 Å². The van der Waals surface area contributed by atoms with Gasteiger partial charge in [-0.3, -0.25) is 9.89 Å². The molecular weight excluding hydrogens is 359 g/mol. The quantitative estimate of drug-likeness (QED) is 0.539. The smallest absolute Gasteiger partial charge is 0.256 e. The molecule has 2 aromatic carbocycles. The summed E-state index contributed by atoms with van der Waals surface area (Å²) in [6.45, 7) is 2.82. The van der Waals surface area contributed by atoms with E-state index in [-0.39, 0.29) is 5.56 Å². The molecule has 0 radical (unpaired) electrons. The number of benzene rings is 2. The molecular formula is C21H19FN4O2. The SMILES string of the molecule is CCn1c(-c2cc(NC(=O)c3cccc(F)c3)n[nH]2)cc2c(OC)cccc21. The lowest BCUT2D eigenvalue weighted by atomic mass is 10.2. The van der Waals surface area contributed by atoms with Gasteiger partial charge < -0.3 is 14.6 Å². The van der Waals surface area contributed by atoms with Gasteiger partial charge in [-0.05, 0) is 43.3 Å². The Bertz CT molecular complexity index is 1160. The minimum absolute atomic E-state index is 0.233. The molecule has 28 heavy (non-hydrogen) atoms. The Kier molecular flexibility index (Phi) is 4.57. The zero-order valence-corrected chi connectivity index (χ0v) is 15.5. The predicted molar refractivity (Wildman–Crippen MR) is 106 cm³/mol. The van der Waals surface area contributed by atoms with Crippen molar-refractivity contribution in [3.63, 3.8) is 0 Å². The van der Waals surface area contributed by atoms with E-state index in [2.05, 4.69) is 27.0 Å². The monoisotopic (exact) mass is 378 g/mol. The number of ether oxygens (including phenoxy) is 1. The van der Waals surface area contributed by atoms with Crippen LogP contribution in [0.15, 0.2) is 54.6 Å². The molecule has 0 aliphatic carbocycles. The van der Waals surface area contributed by atoms with Gasteiger partial charge in [0.15, 0.2) is 5.82 Å². The van der Waals surface area contributed by atoms with Crippen molar-refractivity contribution < 1.29 is 13.9 Å². The van der Waals surface area contributed by atoms with Gasteiger partial charge in [0.1, 0.15) is 11.6 Å². The molecule has 0 saturated carbocycles. The number of hydrogen-bond acceptors (Lipinski definition) is 3. The van der Waals surface area contributed by atoms with Crippen molar-refractivity contribution in [2.24, 2.45) is 0 Å². The number of aromatic nitrogens is 3. The van der Waals surface area contributed by atoms with Crippen LogP contribution in [0.1, 0.15) is 17.3 Å². The van der Waals surface area contributed by atoms with E-state index in [9.17, 15) is 9.18 Å². The first-order valence-electron chi connectivity index (χ1n) is 8.89. The third kappa shape index (κ3) is 3.11. The van der Waals surface area contributed by atoms with E-state index in [0.29, 0.717) is 5.82 Å². The minimum atomic E-state index is -0.461. The van der Waals surface area contributed by atoms with Crippen molar-refractivity contribution in [1.29, 1.82) is 0 Å². The maximum atomic E-state index is 13.3. The number of nitrogens with zero attached hydrogens (tertiary/aromatic N) is 2. The number of amides is 1. The Morgan fingerprint density at radius 1 is 1.21 bits per heavy atom. The van der Waals surface area contributed by atoms with Crippen LogP contribution in [0.4, 0.5) is 10.2 Å². The maximum Gasteiger partial charge on any atom is 0.256 e. The molecule has 2 aromatic heterocycles. The number of nitrogens with one attached hydrogen (secondary N) is 2. The van der Waals surface area contributed by atoms with Crippen LogP contribution in [0, 0.1) is 5.82 Å². The number of rotatable bonds is 5. The summed E-state index contributed by atoms with van der Waals surface area (Å²) in [4.78, 5) is 12.3. The number of methoxy groups -OCH3 is 1. The van der Waals surface area contributed by atoms with Crippen LogP contribution in [0.5, 0.6) is 5.75 Å². The van der Waals surface area contributed by atoms with Crippen molar-refractivity contribution in [2.75, 3.05) is 12.4 Å². The lowest BCUT2D eigenvalue weighted by molar-refractivity contribution is 0.102. The van der Waals surface area contributed by atoms with Gasteiger partial charge in [0.05, 0.1) is 24.0 Å². The molecule has 0 spiro atoms. The van der Waals surface area contributed by atoms with Crippen molar-refractivity contribution in [3.8, 4) is 17.1 Å². The molecule has 6 nitrogen and oxygen atoms in total. The van der Waals surface area contributed by atoms with Crippen molar-refractivity contribution in [3.05, 3.63) is 66.0 Å². The highest BCUT2D eigenvalue weighted by Gasteiger charge is 2.16. The number of aryl methyl sites for hydroxylation is 1. The summed E-state index contributed by atoms with van der Waals surface area (Å²) in [5.74, 6) is 0.279. The highest BCUT2D eigenvalue weighted by molar-refractivity contribution is 6.04. The molecule has 0 bridgehead atoms. The van der Waals surface area contributed by atoms with Gasteiger partial charge in [-0.15, -0.1) is 0 Å². The van der Waals surface area contributed by atoms with Crippen molar-refractivity contribution in [2.45, 2.75) is 13.5 Å². The largest absolute Gasteiger partial charge is 0.496 e. The molecule has 4 aromatic rings. The van der Waals surface area contributed by atoms with E-state index >= 15 is 0 Å². The number of halogens is 1. The van der Waals surface area contributed by atoms with Gasteiger partial charge in [0.2, 0.25) is 0 Å². The average Bonchev–Trinajstić information content (AvgIpc) is 3.31. The van der Waals surface area contributed by atoms with Crippen LogP contribution in [-0.2, 0) is 6.54 Å². The second-order valence-electron chi connectivity index (χ2n) is 6.30. The lowest BCUT2D eigenvalue weighted by Crippen LogP contribution is -2.12. The van der Waals surface area contributed by atoms with Gasteiger partial charge >= 0.3 is 0 Å². The number of fused-ring (bicyclic) bond motifs is 1. The van der Waals surface area contributed by atoms with Crippen LogP contribution in [0.25, 0.3) is 22.3 Å². The molecule has 0 fully saturated rings. The van der Waals surface area contributed by atoms with E-state index < -0.39 is 11.7 Å². The molecule has 7 heteroatoms. The number of anilines is 1. The van der Waals surface area contributed by atoms with Crippen LogP contribution in [0.2, 0.25) is 0 Å². The van der Waals surface area contributed by atoms with Gasteiger partial charge in [0.25, 0.3) is 5.91 Å². The predicted octanol–water partition coefficient (Wildman–Crippen LogP) is 4.45. The fourth-order valence-corrected chi connectivity index (χ4v) is 3.33. The lowest BCUT2D eigenvalue weighted by Gasteiger charge is -2.06. The molecule has 2 heterocycles. The fraction of sp³-hybridized carbons (Fsp3) is 0.143. The molecule has 1 amide bonds. The summed E-state index contributed by atoms with van der Waals surface area (Å²) in [6, 6.07) is 15.2. The van der Waals surface area contributed by atoms with Crippen molar-refractivity contribution in [1.82, 2.24) is 14.8 Å². The van der Waals surface area contributed by atoms with Gasteiger partial charge in [-0.1, -0.05) is 12.1 Å². The molecule has 0 unspecified atom stereocenters. The number of carbonyl (C=O) groups excluding carboxylic acids is 1.